The number of hydrogen-bond acceptors (Lipinski definition) is 4. The SMILES string of the molecule is CC1CCCCC1OCC(O)CNC1CCN(C)CC1. The van der Waals surface area contributed by atoms with E-state index in [2.05, 4.69) is 24.2 Å². The van der Waals surface area contributed by atoms with Gasteiger partial charge in [-0.25, -0.2) is 0 Å². The van der Waals surface area contributed by atoms with Crippen LogP contribution in [-0.4, -0.2) is 61.5 Å². The Bertz CT molecular complexity index is 267. The Kier molecular flexibility index (Phi) is 6.75. The van der Waals surface area contributed by atoms with Crippen molar-refractivity contribution >= 4 is 0 Å². The second kappa shape index (κ2) is 8.32. The number of rotatable bonds is 6. The van der Waals surface area contributed by atoms with Gasteiger partial charge in [-0.2, -0.15) is 0 Å². The molecular formula is C16H32N2O2. The topological polar surface area (TPSA) is 44.7 Å². The molecule has 0 amide bonds. The number of likely N-dealkylation sites (tertiary alicyclic amines) is 1. The number of nitrogens with one attached hydrogen (secondary N) is 1. The summed E-state index contributed by atoms with van der Waals surface area (Å²) in [6.45, 7) is 5.73. The number of nitrogens with zero attached hydrogens (tertiary/aromatic N) is 1. The molecule has 0 aromatic heterocycles. The summed E-state index contributed by atoms with van der Waals surface area (Å²) in [5, 5.41) is 13.5. The van der Waals surface area contributed by atoms with E-state index in [0.29, 0.717) is 31.2 Å². The van der Waals surface area contributed by atoms with Gasteiger partial charge in [0, 0.05) is 12.6 Å². The lowest BCUT2D eigenvalue weighted by Crippen LogP contribution is -2.44. The van der Waals surface area contributed by atoms with Crippen molar-refractivity contribution in [2.24, 2.45) is 5.92 Å². The first-order valence-electron chi connectivity index (χ1n) is 8.36. The molecule has 1 aliphatic carbocycles. The molecule has 0 spiro atoms. The molecule has 3 unspecified atom stereocenters. The first-order valence-corrected chi connectivity index (χ1v) is 8.36. The number of aliphatic hydroxyl groups is 1. The zero-order valence-corrected chi connectivity index (χ0v) is 13.2. The molecule has 2 aliphatic rings. The van der Waals surface area contributed by atoms with Gasteiger partial charge in [-0.05, 0) is 51.7 Å². The lowest BCUT2D eigenvalue weighted by atomic mass is 9.88. The molecule has 0 aromatic rings. The van der Waals surface area contributed by atoms with Gasteiger partial charge in [0.15, 0.2) is 0 Å². The highest BCUT2D eigenvalue weighted by Crippen LogP contribution is 2.26. The molecule has 4 nitrogen and oxygen atoms in total. The van der Waals surface area contributed by atoms with Gasteiger partial charge in [0.2, 0.25) is 0 Å². The predicted molar refractivity (Wildman–Crippen MR) is 81.9 cm³/mol. The van der Waals surface area contributed by atoms with Crippen molar-refractivity contribution in [3.05, 3.63) is 0 Å². The highest BCUT2D eigenvalue weighted by molar-refractivity contribution is 4.77. The lowest BCUT2D eigenvalue weighted by Gasteiger charge is -2.31. The van der Waals surface area contributed by atoms with Crippen molar-refractivity contribution in [2.75, 3.05) is 33.3 Å². The second-order valence-corrected chi connectivity index (χ2v) is 6.77. The highest BCUT2D eigenvalue weighted by atomic mass is 16.5. The first kappa shape index (κ1) is 16.2. The van der Waals surface area contributed by atoms with Crippen molar-refractivity contribution in [2.45, 2.75) is 63.7 Å². The van der Waals surface area contributed by atoms with E-state index < -0.39 is 0 Å². The predicted octanol–water partition coefficient (Wildman–Crippen LogP) is 1.63. The fraction of sp³-hybridized carbons (Fsp3) is 1.00. The monoisotopic (exact) mass is 284 g/mol. The summed E-state index contributed by atoms with van der Waals surface area (Å²) in [5.74, 6) is 0.651. The van der Waals surface area contributed by atoms with Crippen LogP contribution in [0.5, 0.6) is 0 Å². The molecule has 4 heteroatoms. The highest BCUT2D eigenvalue weighted by Gasteiger charge is 2.23. The molecule has 1 saturated heterocycles. The Hall–Kier alpha value is -0.160. The number of hydrogen-bond donors (Lipinski definition) is 2. The van der Waals surface area contributed by atoms with Crippen molar-refractivity contribution in [3.63, 3.8) is 0 Å². The maximum absolute atomic E-state index is 10.1. The molecule has 1 heterocycles. The van der Waals surface area contributed by atoms with Crippen LogP contribution in [0.3, 0.4) is 0 Å². The molecule has 1 saturated carbocycles. The van der Waals surface area contributed by atoms with Crippen LogP contribution >= 0.6 is 0 Å². The van der Waals surface area contributed by atoms with Gasteiger partial charge >= 0.3 is 0 Å². The molecule has 2 rings (SSSR count). The summed E-state index contributed by atoms with van der Waals surface area (Å²) in [5.41, 5.74) is 0. The summed E-state index contributed by atoms with van der Waals surface area (Å²) < 4.78 is 5.92. The number of aliphatic hydroxyl groups excluding tert-OH is 1. The normalized spacial score (nSPS) is 31.4. The van der Waals surface area contributed by atoms with E-state index in [0.717, 1.165) is 19.5 Å². The van der Waals surface area contributed by atoms with Crippen LogP contribution in [0.25, 0.3) is 0 Å². The molecule has 3 atom stereocenters. The van der Waals surface area contributed by atoms with Gasteiger partial charge in [-0.15, -0.1) is 0 Å². The summed E-state index contributed by atoms with van der Waals surface area (Å²) in [7, 11) is 2.17. The van der Waals surface area contributed by atoms with Crippen LogP contribution in [0.15, 0.2) is 0 Å². The fourth-order valence-corrected chi connectivity index (χ4v) is 3.34. The van der Waals surface area contributed by atoms with Crippen LogP contribution in [0.1, 0.15) is 45.4 Å². The molecule has 0 radical (unpaired) electrons. The summed E-state index contributed by atoms with van der Waals surface area (Å²) in [4.78, 5) is 2.36. The van der Waals surface area contributed by atoms with Gasteiger partial charge in [0.25, 0.3) is 0 Å². The smallest absolute Gasteiger partial charge is 0.0897 e. The van der Waals surface area contributed by atoms with Gasteiger partial charge in [0.1, 0.15) is 0 Å². The standard InChI is InChI=1S/C16H32N2O2/c1-13-5-3-4-6-16(13)20-12-15(19)11-17-14-7-9-18(2)10-8-14/h13-17,19H,3-12H2,1-2H3. The van der Waals surface area contributed by atoms with Crippen molar-refractivity contribution in [3.8, 4) is 0 Å². The van der Waals surface area contributed by atoms with Gasteiger partial charge in [-0.3, -0.25) is 0 Å². The zero-order chi connectivity index (χ0) is 14.4. The van der Waals surface area contributed by atoms with E-state index in [-0.39, 0.29) is 6.10 Å². The number of ether oxygens (including phenoxy) is 1. The van der Waals surface area contributed by atoms with E-state index in [9.17, 15) is 5.11 Å². The van der Waals surface area contributed by atoms with Crippen molar-refractivity contribution in [1.29, 1.82) is 0 Å². The van der Waals surface area contributed by atoms with Crippen LogP contribution in [0.2, 0.25) is 0 Å². The average Bonchev–Trinajstić information content (AvgIpc) is 2.46. The van der Waals surface area contributed by atoms with E-state index in [1.807, 2.05) is 0 Å². The largest absolute Gasteiger partial charge is 0.389 e. The summed E-state index contributed by atoms with van der Waals surface area (Å²) in [6.07, 6.45) is 7.41. The maximum atomic E-state index is 10.1. The van der Waals surface area contributed by atoms with Crippen LogP contribution in [0.4, 0.5) is 0 Å². The van der Waals surface area contributed by atoms with E-state index in [1.54, 1.807) is 0 Å². The summed E-state index contributed by atoms with van der Waals surface area (Å²) >= 11 is 0. The average molecular weight is 284 g/mol. The molecule has 2 fully saturated rings. The molecule has 118 valence electrons. The fourth-order valence-electron chi connectivity index (χ4n) is 3.34. The molecule has 20 heavy (non-hydrogen) atoms. The quantitative estimate of drug-likeness (QED) is 0.778. The summed E-state index contributed by atoms with van der Waals surface area (Å²) in [6, 6.07) is 0.564. The zero-order valence-electron chi connectivity index (χ0n) is 13.2. The minimum absolute atomic E-state index is 0.363. The number of piperidine rings is 1. The molecule has 1 aliphatic heterocycles. The van der Waals surface area contributed by atoms with E-state index in [1.165, 1.54) is 32.1 Å². The Labute approximate surface area is 123 Å². The molecule has 0 bridgehead atoms. The maximum Gasteiger partial charge on any atom is 0.0897 e. The Morgan fingerprint density at radius 1 is 1.20 bits per heavy atom. The molecule has 2 N–H and O–H groups in total. The third-order valence-corrected chi connectivity index (χ3v) is 4.90. The van der Waals surface area contributed by atoms with E-state index >= 15 is 0 Å². The Morgan fingerprint density at radius 2 is 1.90 bits per heavy atom. The van der Waals surface area contributed by atoms with Crippen LogP contribution < -0.4 is 5.32 Å². The Morgan fingerprint density at radius 3 is 2.60 bits per heavy atom. The molecular weight excluding hydrogens is 252 g/mol. The minimum atomic E-state index is -0.371. The minimum Gasteiger partial charge on any atom is -0.389 e. The van der Waals surface area contributed by atoms with Gasteiger partial charge < -0.3 is 20.1 Å². The third kappa shape index (κ3) is 5.32. The van der Waals surface area contributed by atoms with Gasteiger partial charge in [0.05, 0.1) is 18.8 Å². The van der Waals surface area contributed by atoms with Crippen LogP contribution in [-0.2, 0) is 4.74 Å². The van der Waals surface area contributed by atoms with E-state index in [4.69, 9.17) is 4.74 Å². The third-order valence-electron chi connectivity index (χ3n) is 4.90. The Balaban J connectivity index is 1.57. The first-order chi connectivity index (χ1) is 9.65. The van der Waals surface area contributed by atoms with Crippen LogP contribution in [0, 0.1) is 5.92 Å². The van der Waals surface area contributed by atoms with Crippen molar-refractivity contribution in [1.82, 2.24) is 10.2 Å². The lowest BCUT2D eigenvalue weighted by molar-refractivity contribution is -0.0459. The van der Waals surface area contributed by atoms with Crippen molar-refractivity contribution < 1.29 is 9.84 Å². The second-order valence-electron chi connectivity index (χ2n) is 6.77. The van der Waals surface area contributed by atoms with Gasteiger partial charge in [-0.1, -0.05) is 19.8 Å². The molecule has 0 aromatic carbocycles.